The number of fused-ring (bicyclic) bond motifs is 3. The summed E-state index contributed by atoms with van der Waals surface area (Å²) in [6.45, 7) is 0. The second kappa shape index (κ2) is 4.56. The first kappa shape index (κ1) is 12.8. The van der Waals surface area contributed by atoms with Crippen molar-refractivity contribution in [2.24, 2.45) is 0 Å². The van der Waals surface area contributed by atoms with E-state index in [2.05, 4.69) is 10.5 Å². The lowest BCUT2D eigenvalue weighted by molar-refractivity contribution is -0.134. The Hall–Kier alpha value is -2.89. The number of piperidine rings is 1. The average molecular weight is 295 g/mol. The van der Waals surface area contributed by atoms with E-state index in [4.69, 9.17) is 10.3 Å². The van der Waals surface area contributed by atoms with Crippen molar-refractivity contribution in [1.29, 1.82) is 0 Å². The second-order valence-electron chi connectivity index (χ2n) is 5.49. The summed E-state index contributed by atoms with van der Waals surface area (Å²) in [5.41, 5.74) is 7.69. The third-order valence-electron chi connectivity index (χ3n) is 4.07. The standard InChI is InChI=1S/C16H13N3O3/c17-9-2-3-10-8(7-9)1-5-12-14(10)15(19-22-12)11-4-6-13(20)18-16(11)21/h1-3,5,7,11H,4,6,17H2,(H,18,20,21)/t11-/m0/s1. The van der Waals surface area contributed by atoms with Gasteiger partial charge in [-0.15, -0.1) is 0 Å². The maximum absolute atomic E-state index is 12.1. The molecule has 3 N–H and O–H groups in total. The van der Waals surface area contributed by atoms with Gasteiger partial charge in [-0.2, -0.15) is 0 Å². The Balaban J connectivity index is 1.95. The molecule has 3 aromatic rings. The van der Waals surface area contributed by atoms with Crippen LogP contribution in [0.4, 0.5) is 5.69 Å². The normalized spacial score (nSPS) is 18.8. The Bertz CT molecular complexity index is 929. The molecule has 0 bridgehead atoms. The van der Waals surface area contributed by atoms with E-state index >= 15 is 0 Å². The van der Waals surface area contributed by atoms with Gasteiger partial charge in [-0.25, -0.2) is 0 Å². The van der Waals surface area contributed by atoms with E-state index in [0.29, 0.717) is 29.8 Å². The molecule has 110 valence electrons. The number of hydrogen-bond acceptors (Lipinski definition) is 5. The number of carbonyl (C=O) groups excluding carboxylic acids is 2. The molecule has 2 aromatic carbocycles. The zero-order chi connectivity index (χ0) is 15.3. The molecule has 1 fully saturated rings. The van der Waals surface area contributed by atoms with E-state index in [1.807, 2.05) is 30.3 Å². The highest BCUT2D eigenvalue weighted by atomic mass is 16.5. The fourth-order valence-corrected chi connectivity index (χ4v) is 3.00. The van der Waals surface area contributed by atoms with Crippen LogP contribution in [0.1, 0.15) is 24.5 Å². The summed E-state index contributed by atoms with van der Waals surface area (Å²) in [5.74, 6) is -1.03. The summed E-state index contributed by atoms with van der Waals surface area (Å²) in [4.78, 5) is 23.4. The molecule has 22 heavy (non-hydrogen) atoms. The van der Waals surface area contributed by atoms with Gasteiger partial charge in [0.05, 0.1) is 11.3 Å². The van der Waals surface area contributed by atoms with Crippen LogP contribution in [0.25, 0.3) is 21.7 Å². The average Bonchev–Trinajstić information content (AvgIpc) is 2.91. The van der Waals surface area contributed by atoms with Gasteiger partial charge in [0.1, 0.15) is 5.69 Å². The molecular weight excluding hydrogens is 282 g/mol. The number of rotatable bonds is 1. The Morgan fingerprint density at radius 2 is 2.09 bits per heavy atom. The highest BCUT2D eigenvalue weighted by Gasteiger charge is 2.32. The number of nitrogens with one attached hydrogen (secondary N) is 1. The first-order chi connectivity index (χ1) is 10.6. The molecular formula is C16H13N3O3. The molecule has 6 nitrogen and oxygen atoms in total. The van der Waals surface area contributed by atoms with Crippen molar-refractivity contribution in [1.82, 2.24) is 10.5 Å². The van der Waals surface area contributed by atoms with Crippen LogP contribution >= 0.6 is 0 Å². The molecule has 1 aromatic heterocycles. The number of anilines is 1. The number of aromatic nitrogens is 1. The van der Waals surface area contributed by atoms with Crippen molar-refractivity contribution in [2.45, 2.75) is 18.8 Å². The number of nitrogen functional groups attached to an aromatic ring is 1. The van der Waals surface area contributed by atoms with Crippen LogP contribution < -0.4 is 11.1 Å². The van der Waals surface area contributed by atoms with Gasteiger partial charge >= 0.3 is 0 Å². The summed E-state index contributed by atoms with van der Waals surface area (Å²) < 4.78 is 5.37. The predicted octanol–water partition coefficient (Wildman–Crippen LogP) is 2.08. The minimum absolute atomic E-state index is 0.244. The highest BCUT2D eigenvalue weighted by Crippen LogP contribution is 2.35. The number of benzene rings is 2. The Morgan fingerprint density at radius 1 is 1.23 bits per heavy atom. The second-order valence-corrected chi connectivity index (χ2v) is 5.49. The molecule has 2 amide bonds. The van der Waals surface area contributed by atoms with E-state index in [1.165, 1.54) is 0 Å². The van der Waals surface area contributed by atoms with Gasteiger partial charge in [-0.3, -0.25) is 14.9 Å². The first-order valence-electron chi connectivity index (χ1n) is 7.05. The van der Waals surface area contributed by atoms with E-state index in [1.54, 1.807) is 0 Å². The molecule has 0 saturated carbocycles. The molecule has 1 aliphatic rings. The highest BCUT2D eigenvalue weighted by molar-refractivity contribution is 6.10. The van der Waals surface area contributed by atoms with Crippen LogP contribution in [0, 0.1) is 0 Å². The third-order valence-corrected chi connectivity index (χ3v) is 4.07. The van der Waals surface area contributed by atoms with Gasteiger partial charge in [0.15, 0.2) is 5.58 Å². The smallest absolute Gasteiger partial charge is 0.235 e. The lowest BCUT2D eigenvalue weighted by Gasteiger charge is -2.19. The minimum atomic E-state index is -0.470. The molecule has 2 heterocycles. The van der Waals surface area contributed by atoms with Crippen LogP contribution in [-0.2, 0) is 9.59 Å². The van der Waals surface area contributed by atoms with Gasteiger partial charge in [0.2, 0.25) is 11.8 Å². The monoisotopic (exact) mass is 295 g/mol. The van der Waals surface area contributed by atoms with Crippen LogP contribution in [-0.4, -0.2) is 17.0 Å². The molecule has 0 spiro atoms. The summed E-state index contributed by atoms with van der Waals surface area (Å²) in [5, 5.41) is 9.16. The van der Waals surface area contributed by atoms with Crippen molar-refractivity contribution in [3.63, 3.8) is 0 Å². The molecule has 1 saturated heterocycles. The largest absolute Gasteiger partial charge is 0.399 e. The Labute approximate surface area is 125 Å². The van der Waals surface area contributed by atoms with Crippen LogP contribution in [0.15, 0.2) is 34.9 Å². The molecule has 0 unspecified atom stereocenters. The topological polar surface area (TPSA) is 98.2 Å². The van der Waals surface area contributed by atoms with E-state index in [0.717, 1.165) is 16.2 Å². The lowest BCUT2D eigenvalue weighted by atomic mass is 9.91. The lowest BCUT2D eigenvalue weighted by Crippen LogP contribution is -2.39. The van der Waals surface area contributed by atoms with Crippen LogP contribution in [0.5, 0.6) is 0 Å². The maximum Gasteiger partial charge on any atom is 0.235 e. The van der Waals surface area contributed by atoms with Crippen LogP contribution in [0.2, 0.25) is 0 Å². The molecule has 4 rings (SSSR count). The summed E-state index contributed by atoms with van der Waals surface area (Å²) in [7, 11) is 0. The summed E-state index contributed by atoms with van der Waals surface area (Å²) in [6.07, 6.45) is 0.750. The molecule has 1 atom stereocenters. The number of carbonyl (C=O) groups is 2. The molecule has 1 aliphatic heterocycles. The number of amides is 2. The fraction of sp³-hybridized carbons (Fsp3) is 0.188. The van der Waals surface area contributed by atoms with Gasteiger partial charge in [-0.1, -0.05) is 17.3 Å². The third kappa shape index (κ3) is 1.84. The molecule has 0 radical (unpaired) electrons. The van der Waals surface area contributed by atoms with E-state index < -0.39 is 5.92 Å². The van der Waals surface area contributed by atoms with Crippen molar-refractivity contribution in [3.05, 3.63) is 36.0 Å². The van der Waals surface area contributed by atoms with Gasteiger partial charge < -0.3 is 10.3 Å². The fourth-order valence-electron chi connectivity index (χ4n) is 3.00. The first-order valence-corrected chi connectivity index (χ1v) is 7.05. The predicted molar refractivity (Wildman–Crippen MR) is 81.1 cm³/mol. The Morgan fingerprint density at radius 3 is 2.91 bits per heavy atom. The molecule has 0 aliphatic carbocycles. The van der Waals surface area contributed by atoms with E-state index in [-0.39, 0.29) is 11.8 Å². The van der Waals surface area contributed by atoms with Gasteiger partial charge in [-0.05, 0) is 35.4 Å². The van der Waals surface area contributed by atoms with Crippen molar-refractivity contribution < 1.29 is 14.1 Å². The van der Waals surface area contributed by atoms with Gasteiger partial charge in [0.25, 0.3) is 0 Å². The number of hydrogen-bond donors (Lipinski definition) is 2. The molecule has 6 heteroatoms. The number of imide groups is 1. The Kier molecular flexibility index (Phi) is 2.66. The maximum atomic E-state index is 12.1. The summed E-state index contributed by atoms with van der Waals surface area (Å²) >= 11 is 0. The van der Waals surface area contributed by atoms with Crippen molar-refractivity contribution in [3.8, 4) is 0 Å². The zero-order valence-electron chi connectivity index (χ0n) is 11.6. The van der Waals surface area contributed by atoms with E-state index in [9.17, 15) is 9.59 Å². The number of nitrogens with two attached hydrogens (primary N) is 1. The quantitative estimate of drug-likeness (QED) is 0.529. The van der Waals surface area contributed by atoms with Crippen LogP contribution in [0.3, 0.4) is 0 Å². The van der Waals surface area contributed by atoms with Crippen molar-refractivity contribution >= 4 is 39.2 Å². The minimum Gasteiger partial charge on any atom is -0.399 e. The van der Waals surface area contributed by atoms with Gasteiger partial charge in [0, 0.05) is 12.1 Å². The summed E-state index contributed by atoms with van der Waals surface area (Å²) in [6, 6.07) is 9.31. The zero-order valence-corrected chi connectivity index (χ0v) is 11.6. The number of nitrogens with zero attached hydrogens (tertiary/aromatic N) is 1. The van der Waals surface area contributed by atoms with Crippen molar-refractivity contribution in [2.75, 3.05) is 5.73 Å². The SMILES string of the molecule is Nc1ccc2c(ccc3onc([C@@H]4CCC(=O)NC4=O)c32)c1.